The van der Waals surface area contributed by atoms with E-state index in [4.69, 9.17) is 5.11 Å². The average molecular weight is 296 g/mol. The second-order valence-corrected chi connectivity index (χ2v) is 5.66. The number of carbonyl (C=O) groups excluding carboxylic acids is 1. The van der Waals surface area contributed by atoms with Gasteiger partial charge >= 0.3 is 6.03 Å². The monoisotopic (exact) mass is 296 g/mol. The predicted molar refractivity (Wildman–Crippen MR) is 87.7 cm³/mol. The molecule has 3 rings (SSSR count). The smallest absolute Gasteiger partial charge is 0.321 e. The van der Waals surface area contributed by atoms with Crippen LogP contribution >= 0.6 is 0 Å². The van der Waals surface area contributed by atoms with E-state index in [1.807, 2.05) is 42.5 Å². The van der Waals surface area contributed by atoms with Crippen LogP contribution in [0, 0.1) is 5.92 Å². The van der Waals surface area contributed by atoms with E-state index in [0.717, 1.165) is 23.2 Å². The Kier molecular flexibility index (Phi) is 4.39. The zero-order valence-corrected chi connectivity index (χ0v) is 12.4. The SMILES string of the molecule is O=C(Nc1ccc(-c2ccccc2)cc1)N1CCC(CO)C1. The molecule has 0 spiro atoms. The van der Waals surface area contributed by atoms with Crippen LogP contribution in [-0.2, 0) is 0 Å². The molecule has 1 fully saturated rings. The van der Waals surface area contributed by atoms with Crippen LogP contribution in [0.25, 0.3) is 11.1 Å². The Bertz CT molecular complexity index is 625. The number of benzene rings is 2. The zero-order chi connectivity index (χ0) is 15.4. The summed E-state index contributed by atoms with van der Waals surface area (Å²) in [6, 6.07) is 17.9. The van der Waals surface area contributed by atoms with Gasteiger partial charge in [0.1, 0.15) is 0 Å². The molecule has 0 radical (unpaired) electrons. The number of hydrogen-bond donors (Lipinski definition) is 2. The molecule has 0 bridgehead atoms. The van der Waals surface area contributed by atoms with Crippen LogP contribution in [-0.4, -0.2) is 35.7 Å². The van der Waals surface area contributed by atoms with Crippen molar-refractivity contribution in [2.75, 3.05) is 25.0 Å². The Morgan fingerprint density at radius 2 is 1.77 bits per heavy atom. The number of amides is 2. The van der Waals surface area contributed by atoms with Crippen LogP contribution in [0.15, 0.2) is 54.6 Å². The molecule has 1 atom stereocenters. The fourth-order valence-corrected chi connectivity index (χ4v) is 2.75. The number of carbonyl (C=O) groups is 1. The van der Waals surface area contributed by atoms with Crippen molar-refractivity contribution in [3.63, 3.8) is 0 Å². The summed E-state index contributed by atoms with van der Waals surface area (Å²) in [5, 5.41) is 12.0. The number of likely N-dealkylation sites (tertiary alicyclic amines) is 1. The quantitative estimate of drug-likeness (QED) is 0.914. The second-order valence-electron chi connectivity index (χ2n) is 5.66. The largest absolute Gasteiger partial charge is 0.396 e. The summed E-state index contributed by atoms with van der Waals surface area (Å²) in [5.41, 5.74) is 3.07. The second kappa shape index (κ2) is 6.62. The third kappa shape index (κ3) is 3.28. The normalized spacial score (nSPS) is 17.5. The van der Waals surface area contributed by atoms with Crippen molar-refractivity contribution in [3.05, 3.63) is 54.6 Å². The highest BCUT2D eigenvalue weighted by Gasteiger charge is 2.25. The van der Waals surface area contributed by atoms with Gasteiger partial charge in [-0.3, -0.25) is 0 Å². The van der Waals surface area contributed by atoms with Crippen LogP contribution in [0.1, 0.15) is 6.42 Å². The summed E-state index contributed by atoms with van der Waals surface area (Å²) in [6.45, 7) is 1.49. The van der Waals surface area contributed by atoms with Crippen molar-refractivity contribution in [1.82, 2.24) is 4.90 Å². The van der Waals surface area contributed by atoms with Crippen LogP contribution in [0.3, 0.4) is 0 Å². The molecule has 0 aliphatic carbocycles. The first-order valence-corrected chi connectivity index (χ1v) is 7.58. The lowest BCUT2D eigenvalue weighted by Crippen LogP contribution is -2.33. The van der Waals surface area contributed by atoms with Gasteiger partial charge in [0.25, 0.3) is 0 Å². The standard InChI is InChI=1S/C18H20N2O2/c21-13-14-10-11-20(12-14)18(22)19-17-8-6-16(7-9-17)15-4-2-1-3-5-15/h1-9,14,21H,10-13H2,(H,19,22). The molecule has 0 saturated carbocycles. The van der Waals surface area contributed by atoms with Crippen molar-refractivity contribution in [2.45, 2.75) is 6.42 Å². The Morgan fingerprint density at radius 1 is 1.09 bits per heavy atom. The van der Waals surface area contributed by atoms with E-state index in [1.165, 1.54) is 0 Å². The van der Waals surface area contributed by atoms with Gasteiger partial charge in [-0.2, -0.15) is 0 Å². The third-order valence-electron chi connectivity index (χ3n) is 4.07. The van der Waals surface area contributed by atoms with E-state index in [2.05, 4.69) is 17.4 Å². The molecule has 4 heteroatoms. The minimum Gasteiger partial charge on any atom is -0.396 e. The van der Waals surface area contributed by atoms with Crippen LogP contribution in [0.4, 0.5) is 10.5 Å². The Morgan fingerprint density at radius 3 is 2.41 bits per heavy atom. The van der Waals surface area contributed by atoms with E-state index in [9.17, 15) is 4.79 Å². The molecule has 2 aromatic carbocycles. The molecule has 1 aliphatic rings. The molecule has 2 N–H and O–H groups in total. The molecular formula is C18H20N2O2. The maximum absolute atomic E-state index is 12.2. The van der Waals surface area contributed by atoms with Gasteiger partial charge in [0.15, 0.2) is 0 Å². The summed E-state index contributed by atoms with van der Waals surface area (Å²) in [7, 11) is 0. The predicted octanol–water partition coefficient (Wildman–Crippen LogP) is 3.20. The molecule has 0 aromatic heterocycles. The lowest BCUT2D eigenvalue weighted by molar-refractivity contribution is 0.209. The van der Waals surface area contributed by atoms with Gasteiger partial charge < -0.3 is 15.3 Å². The van der Waals surface area contributed by atoms with E-state index < -0.39 is 0 Å². The summed E-state index contributed by atoms with van der Waals surface area (Å²) in [4.78, 5) is 13.9. The van der Waals surface area contributed by atoms with Gasteiger partial charge in [-0.05, 0) is 29.7 Å². The van der Waals surface area contributed by atoms with Gasteiger partial charge in [0.05, 0.1) is 0 Å². The first kappa shape index (κ1) is 14.6. The van der Waals surface area contributed by atoms with Crippen molar-refractivity contribution in [3.8, 4) is 11.1 Å². The molecule has 22 heavy (non-hydrogen) atoms. The number of aliphatic hydroxyl groups is 1. The third-order valence-corrected chi connectivity index (χ3v) is 4.07. The molecule has 4 nitrogen and oxygen atoms in total. The highest BCUT2D eigenvalue weighted by atomic mass is 16.3. The van der Waals surface area contributed by atoms with E-state index in [-0.39, 0.29) is 18.6 Å². The fourth-order valence-electron chi connectivity index (χ4n) is 2.75. The minimum absolute atomic E-state index is 0.0941. The number of urea groups is 1. The Hall–Kier alpha value is -2.33. The van der Waals surface area contributed by atoms with Crippen LogP contribution < -0.4 is 5.32 Å². The Balaban J connectivity index is 1.63. The summed E-state index contributed by atoms with van der Waals surface area (Å²) >= 11 is 0. The molecule has 1 aliphatic heterocycles. The lowest BCUT2D eigenvalue weighted by Gasteiger charge is -2.17. The van der Waals surface area contributed by atoms with E-state index in [1.54, 1.807) is 4.90 Å². The van der Waals surface area contributed by atoms with Crippen LogP contribution in [0.5, 0.6) is 0 Å². The number of anilines is 1. The summed E-state index contributed by atoms with van der Waals surface area (Å²) < 4.78 is 0. The molecular weight excluding hydrogens is 276 g/mol. The Labute approximate surface area is 130 Å². The first-order chi connectivity index (χ1) is 10.8. The highest BCUT2D eigenvalue weighted by Crippen LogP contribution is 2.22. The number of nitrogens with zero attached hydrogens (tertiary/aromatic N) is 1. The topological polar surface area (TPSA) is 52.6 Å². The van der Waals surface area contributed by atoms with Crippen LogP contribution in [0.2, 0.25) is 0 Å². The molecule has 2 amide bonds. The number of hydrogen-bond acceptors (Lipinski definition) is 2. The van der Waals surface area contributed by atoms with Gasteiger partial charge in [-0.15, -0.1) is 0 Å². The van der Waals surface area contributed by atoms with Gasteiger partial charge in [-0.25, -0.2) is 4.79 Å². The number of rotatable bonds is 3. The number of nitrogens with one attached hydrogen (secondary N) is 1. The molecule has 1 unspecified atom stereocenters. The summed E-state index contributed by atoms with van der Waals surface area (Å²) in [5.74, 6) is 0.214. The van der Waals surface area contributed by atoms with E-state index >= 15 is 0 Å². The van der Waals surface area contributed by atoms with Crippen molar-refractivity contribution in [1.29, 1.82) is 0 Å². The first-order valence-electron chi connectivity index (χ1n) is 7.58. The van der Waals surface area contributed by atoms with Crippen molar-refractivity contribution < 1.29 is 9.90 Å². The molecule has 114 valence electrons. The fraction of sp³-hybridized carbons (Fsp3) is 0.278. The van der Waals surface area contributed by atoms with Gasteiger partial charge in [0.2, 0.25) is 0 Å². The summed E-state index contributed by atoms with van der Waals surface area (Å²) in [6.07, 6.45) is 0.872. The van der Waals surface area contributed by atoms with Crippen molar-refractivity contribution in [2.24, 2.45) is 5.92 Å². The minimum atomic E-state index is -0.0941. The van der Waals surface area contributed by atoms with E-state index in [0.29, 0.717) is 13.1 Å². The maximum Gasteiger partial charge on any atom is 0.321 e. The highest BCUT2D eigenvalue weighted by molar-refractivity contribution is 5.89. The molecule has 1 saturated heterocycles. The van der Waals surface area contributed by atoms with Gasteiger partial charge in [0, 0.05) is 31.3 Å². The molecule has 1 heterocycles. The van der Waals surface area contributed by atoms with Crippen molar-refractivity contribution >= 4 is 11.7 Å². The average Bonchev–Trinajstić information content (AvgIpc) is 3.06. The maximum atomic E-state index is 12.2. The zero-order valence-electron chi connectivity index (χ0n) is 12.4. The molecule has 2 aromatic rings. The lowest BCUT2D eigenvalue weighted by atomic mass is 10.1. The van der Waals surface area contributed by atoms with Gasteiger partial charge in [-0.1, -0.05) is 42.5 Å². The number of aliphatic hydroxyl groups excluding tert-OH is 1.